The minimum atomic E-state index is -4.17. The molecule has 1 heterocycles. The maximum Gasteiger partial charge on any atom is 0.401 e. The average Bonchev–Trinajstić information content (AvgIpc) is 3.02. The highest BCUT2D eigenvalue weighted by Crippen LogP contribution is 2.15. The molecule has 0 aromatic heterocycles. The summed E-state index contributed by atoms with van der Waals surface area (Å²) in [6.07, 6.45) is -0.978. The van der Waals surface area contributed by atoms with Crippen LogP contribution in [-0.4, -0.2) is 82.7 Å². The van der Waals surface area contributed by atoms with E-state index in [9.17, 15) is 13.2 Å². The third-order valence-electron chi connectivity index (χ3n) is 3.62. The number of ether oxygens (including phenoxy) is 2. The van der Waals surface area contributed by atoms with E-state index in [4.69, 9.17) is 9.47 Å². The van der Waals surface area contributed by atoms with E-state index in [2.05, 4.69) is 15.6 Å². The highest BCUT2D eigenvalue weighted by atomic mass is 19.4. The Morgan fingerprint density at radius 1 is 1.36 bits per heavy atom. The van der Waals surface area contributed by atoms with Crippen molar-refractivity contribution in [2.75, 3.05) is 59.6 Å². The van der Waals surface area contributed by atoms with E-state index >= 15 is 0 Å². The van der Waals surface area contributed by atoms with Gasteiger partial charge >= 0.3 is 6.18 Å². The number of guanidine groups is 1. The predicted molar refractivity (Wildman–Crippen MR) is 91.9 cm³/mol. The summed E-state index contributed by atoms with van der Waals surface area (Å²) in [6.45, 7) is 5.09. The summed E-state index contributed by atoms with van der Waals surface area (Å²) in [5, 5.41) is 6.12. The van der Waals surface area contributed by atoms with Crippen molar-refractivity contribution in [3.05, 3.63) is 0 Å². The second kappa shape index (κ2) is 12.3. The Morgan fingerprint density at radius 3 is 2.80 bits per heavy atom. The summed E-state index contributed by atoms with van der Waals surface area (Å²) >= 11 is 0. The SMILES string of the molecule is CCNC(=NCCCOCC1CCCO1)NCCN(C)CC(F)(F)F. The van der Waals surface area contributed by atoms with Gasteiger partial charge in [0, 0.05) is 39.4 Å². The third-order valence-corrected chi connectivity index (χ3v) is 3.62. The minimum Gasteiger partial charge on any atom is -0.379 e. The molecule has 0 aliphatic carbocycles. The van der Waals surface area contributed by atoms with E-state index in [1.54, 1.807) is 0 Å². The normalized spacial score (nSPS) is 18.8. The molecule has 1 aliphatic rings. The molecule has 0 spiro atoms. The van der Waals surface area contributed by atoms with Crippen molar-refractivity contribution < 1.29 is 22.6 Å². The highest BCUT2D eigenvalue weighted by molar-refractivity contribution is 5.79. The molecule has 1 unspecified atom stereocenters. The average molecular weight is 368 g/mol. The lowest BCUT2D eigenvalue weighted by molar-refractivity contribution is -0.142. The fourth-order valence-corrected chi connectivity index (χ4v) is 2.44. The number of nitrogens with zero attached hydrogens (tertiary/aromatic N) is 2. The molecule has 0 saturated carbocycles. The summed E-state index contributed by atoms with van der Waals surface area (Å²) in [5.74, 6) is 0.613. The van der Waals surface area contributed by atoms with Gasteiger partial charge < -0.3 is 20.1 Å². The van der Waals surface area contributed by atoms with E-state index < -0.39 is 12.7 Å². The van der Waals surface area contributed by atoms with Crippen LogP contribution in [0.1, 0.15) is 26.2 Å². The summed E-state index contributed by atoms with van der Waals surface area (Å²) in [7, 11) is 1.45. The number of nitrogens with one attached hydrogen (secondary N) is 2. The number of aliphatic imine (C=N–C) groups is 1. The van der Waals surface area contributed by atoms with Gasteiger partial charge in [-0.2, -0.15) is 13.2 Å². The van der Waals surface area contributed by atoms with Crippen molar-refractivity contribution in [1.82, 2.24) is 15.5 Å². The van der Waals surface area contributed by atoms with Gasteiger partial charge in [-0.15, -0.1) is 0 Å². The van der Waals surface area contributed by atoms with Crippen LogP contribution in [0.5, 0.6) is 0 Å². The van der Waals surface area contributed by atoms with Crippen molar-refractivity contribution in [3.8, 4) is 0 Å². The fourth-order valence-electron chi connectivity index (χ4n) is 2.44. The zero-order valence-electron chi connectivity index (χ0n) is 15.2. The van der Waals surface area contributed by atoms with Crippen molar-refractivity contribution in [2.45, 2.75) is 38.5 Å². The molecule has 1 atom stereocenters. The standard InChI is InChI=1S/C16H31F3N4O2/c1-3-20-15(22-8-9-23(2)13-16(17,18)19)21-7-5-10-24-12-14-6-4-11-25-14/h14H,3-13H2,1-2H3,(H2,20,21,22). The largest absolute Gasteiger partial charge is 0.401 e. The van der Waals surface area contributed by atoms with Crippen molar-refractivity contribution in [1.29, 1.82) is 0 Å². The number of likely N-dealkylation sites (N-methyl/N-ethyl adjacent to an activating group) is 1. The number of hydrogen-bond donors (Lipinski definition) is 2. The van der Waals surface area contributed by atoms with Crippen LogP contribution in [0.15, 0.2) is 4.99 Å². The lowest BCUT2D eigenvalue weighted by Gasteiger charge is -2.19. The Morgan fingerprint density at radius 2 is 2.16 bits per heavy atom. The zero-order valence-corrected chi connectivity index (χ0v) is 15.2. The van der Waals surface area contributed by atoms with Crippen LogP contribution in [0.3, 0.4) is 0 Å². The van der Waals surface area contributed by atoms with E-state index in [-0.39, 0.29) is 12.6 Å². The van der Waals surface area contributed by atoms with Gasteiger partial charge in [-0.05, 0) is 33.2 Å². The van der Waals surface area contributed by atoms with Gasteiger partial charge in [0.15, 0.2) is 5.96 Å². The van der Waals surface area contributed by atoms with Crippen LogP contribution in [0.4, 0.5) is 13.2 Å². The van der Waals surface area contributed by atoms with Crippen molar-refractivity contribution >= 4 is 5.96 Å². The topological polar surface area (TPSA) is 58.1 Å². The minimum absolute atomic E-state index is 0.233. The molecule has 1 fully saturated rings. The fraction of sp³-hybridized carbons (Fsp3) is 0.938. The Hall–Kier alpha value is -1.06. The van der Waals surface area contributed by atoms with E-state index in [0.29, 0.717) is 38.8 Å². The van der Waals surface area contributed by atoms with Gasteiger partial charge in [-0.1, -0.05) is 0 Å². The Balaban J connectivity index is 2.13. The second-order valence-electron chi connectivity index (χ2n) is 6.10. The van der Waals surface area contributed by atoms with Gasteiger partial charge in [0.25, 0.3) is 0 Å². The molecule has 2 N–H and O–H groups in total. The van der Waals surface area contributed by atoms with E-state index in [1.165, 1.54) is 11.9 Å². The Bertz CT molecular complexity index is 375. The van der Waals surface area contributed by atoms with Crippen LogP contribution in [0.25, 0.3) is 0 Å². The maximum atomic E-state index is 12.3. The number of rotatable bonds is 11. The van der Waals surface area contributed by atoms with Crippen LogP contribution < -0.4 is 10.6 Å². The first-order valence-corrected chi connectivity index (χ1v) is 8.87. The first-order chi connectivity index (χ1) is 11.9. The molecule has 1 saturated heterocycles. The molecule has 0 bridgehead atoms. The zero-order chi connectivity index (χ0) is 18.5. The molecule has 9 heteroatoms. The van der Waals surface area contributed by atoms with E-state index in [1.807, 2.05) is 6.92 Å². The molecule has 0 amide bonds. The van der Waals surface area contributed by atoms with Crippen molar-refractivity contribution in [2.24, 2.45) is 4.99 Å². The second-order valence-corrected chi connectivity index (χ2v) is 6.10. The quantitative estimate of drug-likeness (QED) is 0.330. The number of hydrogen-bond acceptors (Lipinski definition) is 4. The van der Waals surface area contributed by atoms with Gasteiger partial charge in [-0.25, -0.2) is 0 Å². The monoisotopic (exact) mass is 368 g/mol. The van der Waals surface area contributed by atoms with Crippen LogP contribution in [-0.2, 0) is 9.47 Å². The molecular formula is C16H31F3N4O2. The first kappa shape index (κ1) is 22.0. The maximum absolute atomic E-state index is 12.3. The first-order valence-electron chi connectivity index (χ1n) is 8.87. The Labute approximate surface area is 148 Å². The lowest BCUT2D eigenvalue weighted by Crippen LogP contribution is -2.42. The van der Waals surface area contributed by atoms with Crippen LogP contribution in [0, 0.1) is 0 Å². The molecule has 6 nitrogen and oxygen atoms in total. The molecular weight excluding hydrogens is 337 g/mol. The van der Waals surface area contributed by atoms with Gasteiger partial charge in [0.2, 0.25) is 0 Å². The third kappa shape index (κ3) is 12.0. The Kier molecular flexibility index (Phi) is 10.8. The summed E-state index contributed by atoms with van der Waals surface area (Å²) < 4.78 is 47.8. The van der Waals surface area contributed by atoms with Crippen LogP contribution in [0.2, 0.25) is 0 Å². The van der Waals surface area contributed by atoms with E-state index in [0.717, 1.165) is 25.9 Å². The lowest BCUT2D eigenvalue weighted by atomic mass is 10.2. The molecule has 0 aromatic rings. The molecule has 1 aliphatic heterocycles. The summed E-state index contributed by atoms with van der Waals surface area (Å²) in [4.78, 5) is 5.63. The molecule has 0 aromatic carbocycles. The van der Waals surface area contributed by atoms with Gasteiger partial charge in [0.05, 0.1) is 19.3 Å². The molecule has 0 radical (unpaired) electrons. The van der Waals surface area contributed by atoms with Crippen LogP contribution >= 0.6 is 0 Å². The van der Waals surface area contributed by atoms with Gasteiger partial charge in [0.1, 0.15) is 0 Å². The summed E-state index contributed by atoms with van der Waals surface area (Å²) in [5.41, 5.74) is 0. The molecule has 148 valence electrons. The summed E-state index contributed by atoms with van der Waals surface area (Å²) in [6, 6.07) is 0. The smallest absolute Gasteiger partial charge is 0.379 e. The van der Waals surface area contributed by atoms with Crippen molar-refractivity contribution in [3.63, 3.8) is 0 Å². The number of alkyl halides is 3. The number of halogens is 3. The van der Waals surface area contributed by atoms with Gasteiger partial charge in [-0.3, -0.25) is 9.89 Å². The molecule has 1 rings (SSSR count). The highest BCUT2D eigenvalue weighted by Gasteiger charge is 2.28. The molecule has 25 heavy (non-hydrogen) atoms. The predicted octanol–water partition coefficient (Wildman–Crippen LogP) is 1.62.